The number of amides is 1. The van der Waals surface area contributed by atoms with Gasteiger partial charge < -0.3 is 10.2 Å². The lowest BCUT2D eigenvalue weighted by Crippen LogP contribution is -2.21. The van der Waals surface area contributed by atoms with Gasteiger partial charge in [0, 0.05) is 35.7 Å². The molecular formula is C31H37N5OS. The van der Waals surface area contributed by atoms with Gasteiger partial charge in [0.2, 0.25) is 5.91 Å². The zero-order chi connectivity index (χ0) is 27.3. The summed E-state index contributed by atoms with van der Waals surface area (Å²) >= 11 is 1.38. The highest BCUT2D eigenvalue weighted by Gasteiger charge is 2.19. The molecule has 4 aromatic rings. The molecule has 1 heterocycles. The van der Waals surface area contributed by atoms with Gasteiger partial charge in [0.25, 0.3) is 0 Å². The number of hydrogen-bond donors (Lipinski definition) is 1. The van der Waals surface area contributed by atoms with E-state index in [1.165, 1.54) is 22.9 Å². The number of carbonyl (C=O) groups excluding carboxylic acids is 1. The third kappa shape index (κ3) is 6.45. The van der Waals surface area contributed by atoms with Crippen LogP contribution in [0.25, 0.3) is 17.1 Å². The van der Waals surface area contributed by atoms with Crippen molar-refractivity contribution in [3.05, 3.63) is 83.9 Å². The molecule has 6 nitrogen and oxygen atoms in total. The van der Waals surface area contributed by atoms with Crippen molar-refractivity contribution in [2.75, 3.05) is 29.1 Å². The topological polar surface area (TPSA) is 63.1 Å². The summed E-state index contributed by atoms with van der Waals surface area (Å²) in [6.07, 6.45) is 0. The minimum Gasteiger partial charge on any atom is -0.372 e. The smallest absolute Gasteiger partial charge is 0.234 e. The molecule has 0 unspecified atom stereocenters. The first-order chi connectivity index (χ1) is 18.2. The Labute approximate surface area is 230 Å². The van der Waals surface area contributed by atoms with Crippen LogP contribution in [0.15, 0.2) is 78.0 Å². The van der Waals surface area contributed by atoms with Crippen molar-refractivity contribution in [3.63, 3.8) is 0 Å². The van der Waals surface area contributed by atoms with Gasteiger partial charge in [-0.2, -0.15) is 0 Å². The minimum atomic E-state index is -0.0832. The number of benzene rings is 3. The van der Waals surface area contributed by atoms with E-state index < -0.39 is 0 Å². The Morgan fingerprint density at radius 1 is 0.895 bits per heavy atom. The molecule has 0 spiro atoms. The molecule has 4 rings (SSSR count). The van der Waals surface area contributed by atoms with E-state index in [0.717, 1.165) is 41.5 Å². The van der Waals surface area contributed by atoms with E-state index in [2.05, 4.69) is 110 Å². The Bertz CT molecular complexity index is 1350. The molecule has 0 aliphatic rings. The van der Waals surface area contributed by atoms with Crippen molar-refractivity contribution >= 4 is 29.0 Å². The standard InChI is InChI=1S/C31H37N5OS/c1-7-35(8-2)26-19-15-25(16-20-26)32-28(37)21-38-30-34-33-29(36(30)27-17-9-22(3)10-18-27)23-11-13-24(14-12-23)31(4,5)6/h9-20H,7-8,21H2,1-6H3,(H,32,37). The number of anilines is 2. The molecule has 1 amide bonds. The summed E-state index contributed by atoms with van der Waals surface area (Å²) in [6, 6.07) is 24.7. The number of nitrogens with zero attached hydrogens (tertiary/aromatic N) is 4. The van der Waals surface area contributed by atoms with E-state index in [0.29, 0.717) is 5.16 Å². The Balaban J connectivity index is 1.54. The van der Waals surface area contributed by atoms with Gasteiger partial charge in [0.1, 0.15) is 0 Å². The summed E-state index contributed by atoms with van der Waals surface area (Å²) in [4.78, 5) is 15.1. The summed E-state index contributed by atoms with van der Waals surface area (Å²) in [6.45, 7) is 14.8. The second kappa shape index (κ2) is 11.9. The highest BCUT2D eigenvalue weighted by molar-refractivity contribution is 7.99. The maximum atomic E-state index is 12.8. The van der Waals surface area contributed by atoms with Crippen molar-refractivity contribution < 1.29 is 4.79 Å². The van der Waals surface area contributed by atoms with Gasteiger partial charge in [0.05, 0.1) is 5.75 Å². The number of aryl methyl sites for hydroxylation is 1. The monoisotopic (exact) mass is 527 g/mol. The number of carbonyl (C=O) groups is 1. The Kier molecular flexibility index (Phi) is 8.57. The molecular weight excluding hydrogens is 490 g/mol. The Morgan fingerprint density at radius 2 is 1.53 bits per heavy atom. The molecule has 3 aromatic carbocycles. The largest absolute Gasteiger partial charge is 0.372 e. The molecule has 198 valence electrons. The number of thioether (sulfide) groups is 1. The minimum absolute atomic E-state index is 0.0727. The summed E-state index contributed by atoms with van der Waals surface area (Å²) in [5.41, 5.74) is 6.39. The predicted molar refractivity (Wildman–Crippen MR) is 160 cm³/mol. The lowest BCUT2D eigenvalue weighted by Gasteiger charge is -2.21. The fraction of sp³-hybridized carbons (Fsp3) is 0.323. The normalized spacial score (nSPS) is 11.4. The van der Waals surface area contributed by atoms with Crippen LogP contribution in [0.4, 0.5) is 11.4 Å². The zero-order valence-corrected chi connectivity index (χ0v) is 24.0. The number of nitrogens with one attached hydrogen (secondary N) is 1. The van der Waals surface area contributed by atoms with E-state index in [4.69, 9.17) is 0 Å². The Morgan fingerprint density at radius 3 is 2.11 bits per heavy atom. The van der Waals surface area contributed by atoms with Crippen LogP contribution in [0.2, 0.25) is 0 Å². The Hall–Kier alpha value is -3.58. The highest BCUT2D eigenvalue weighted by Crippen LogP contribution is 2.30. The average molecular weight is 528 g/mol. The molecule has 38 heavy (non-hydrogen) atoms. The van der Waals surface area contributed by atoms with Gasteiger partial charge in [-0.25, -0.2) is 0 Å². The number of hydrogen-bond acceptors (Lipinski definition) is 5. The van der Waals surface area contributed by atoms with E-state index in [1.807, 2.05) is 28.8 Å². The van der Waals surface area contributed by atoms with Crippen LogP contribution in [-0.2, 0) is 10.2 Å². The average Bonchev–Trinajstić information content (AvgIpc) is 3.33. The van der Waals surface area contributed by atoms with Crippen LogP contribution in [-0.4, -0.2) is 39.5 Å². The highest BCUT2D eigenvalue weighted by atomic mass is 32.2. The van der Waals surface area contributed by atoms with Gasteiger partial charge in [-0.15, -0.1) is 10.2 Å². The van der Waals surface area contributed by atoms with Crippen molar-refractivity contribution in [1.29, 1.82) is 0 Å². The van der Waals surface area contributed by atoms with Gasteiger partial charge >= 0.3 is 0 Å². The third-order valence-electron chi connectivity index (χ3n) is 6.55. The van der Waals surface area contributed by atoms with Crippen LogP contribution in [0.1, 0.15) is 45.7 Å². The van der Waals surface area contributed by atoms with E-state index in [1.54, 1.807) is 0 Å². The van der Waals surface area contributed by atoms with Crippen LogP contribution in [0.5, 0.6) is 0 Å². The molecule has 0 radical (unpaired) electrons. The van der Waals surface area contributed by atoms with E-state index >= 15 is 0 Å². The number of aromatic nitrogens is 3. The maximum Gasteiger partial charge on any atom is 0.234 e. The summed E-state index contributed by atoms with van der Waals surface area (Å²) in [7, 11) is 0. The van der Waals surface area contributed by atoms with Crippen molar-refractivity contribution in [2.24, 2.45) is 0 Å². The van der Waals surface area contributed by atoms with Gasteiger partial charge in [-0.05, 0) is 68.1 Å². The molecule has 1 N–H and O–H groups in total. The molecule has 0 saturated heterocycles. The summed E-state index contributed by atoms with van der Waals surface area (Å²) in [5.74, 6) is 0.898. The third-order valence-corrected chi connectivity index (χ3v) is 7.48. The molecule has 1 aromatic heterocycles. The second-order valence-electron chi connectivity index (χ2n) is 10.4. The summed E-state index contributed by atoms with van der Waals surface area (Å²) < 4.78 is 2.03. The lowest BCUT2D eigenvalue weighted by molar-refractivity contribution is -0.113. The molecule has 0 atom stereocenters. The zero-order valence-electron chi connectivity index (χ0n) is 23.2. The van der Waals surface area contributed by atoms with Crippen LogP contribution >= 0.6 is 11.8 Å². The first-order valence-electron chi connectivity index (χ1n) is 13.1. The van der Waals surface area contributed by atoms with Crippen LogP contribution < -0.4 is 10.2 Å². The lowest BCUT2D eigenvalue weighted by atomic mass is 9.87. The molecule has 0 fully saturated rings. The first kappa shape index (κ1) is 27.5. The molecule has 0 bridgehead atoms. The van der Waals surface area contributed by atoms with Crippen LogP contribution in [0, 0.1) is 6.92 Å². The summed E-state index contributed by atoms with van der Waals surface area (Å²) in [5, 5.41) is 12.7. The maximum absolute atomic E-state index is 12.8. The van der Waals surface area contributed by atoms with Gasteiger partial charge in [0.15, 0.2) is 11.0 Å². The van der Waals surface area contributed by atoms with E-state index in [9.17, 15) is 4.79 Å². The number of rotatable bonds is 9. The van der Waals surface area contributed by atoms with Gasteiger partial charge in [-0.1, -0.05) is 74.5 Å². The fourth-order valence-electron chi connectivity index (χ4n) is 4.27. The fourth-order valence-corrected chi connectivity index (χ4v) is 5.02. The van der Waals surface area contributed by atoms with Gasteiger partial charge in [-0.3, -0.25) is 9.36 Å². The SMILES string of the molecule is CCN(CC)c1ccc(NC(=O)CSc2nnc(-c3ccc(C(C)(C)C)cc3)n2-c2ccc(C)cc2)cc1. The van der Waals surface area contributed by atoms with E-state index in [-0.39, 0.29) is 17.1 Å². The molecule has 0 aliphatic heterocycles. The quantitative estimate of drug-likeness (QED) is 0.235. The molecule has 0 saturated carbocycles. The molecule has 7 heteroatoms. The van der Waals surface area contributed by atoms with Crippen molar-refractivity contribution in [2.45, 2.75) is 52.1 Å². The molecule has 0 aliphatic carbocycles. The predicted octanol–water partition coefficient (Wildman–Crippen LogP) is 7.12. The van der Waals surface area contributed by atoms with Crippen LogP contribution in [0.3, 0.4) is 0 Å². The first-order valence-corrected chi connectivity index (χ1v) is 14.1. The second-order valence-corrected chi connectivity index (χ2v) is 11.3. The van der Waals surface area contributed by atoms with Crippen molar-refractivity contribution in [3.8, 4) is 17.1 Å². The van der Waals surface area contributed by atoms with Crippen molar-refractivity contribution in [1.82, 2.24) is 14.8 Å².